The van der Waals surface area contributed by atoms with E-state index in [0.29, 0.717) is 0 Å². The Morgan fingerprint density at radius 1 is 1.30 bits per heavy atom. The van der Waals surface area contributed by atoms with E-state index in [2.05, 4.69) is 0 Å². The predicted octanol–water partition coefficient (Wildman–Crippen LogP) is 1.43. The van der Waals surface area contributed by atoms with Crippen molar-refractivity contribution in [2.45, 2.75) is 18.9 Å². The van der Waals surface area contributed by atoms with Crippen molar-refractivity contribution in [1.82, 2.24) is 5.32 Å². The molecule has 0 aliphatic carbocycles. The number of aliphatic carboxylic acids is 1. The van der Waals surface area contributed by atoms with E-state index < -0.39 is 43.2 Å². The summed E-state index contributed by atoms with van der Waals surface area (Å²) in [5.41, 5.74) is 0. The maximum atomic E-state index is 13.2. The molecule has 0 saturated carbocycles. The van der Waals surface area contributed by atoms with E-state index in [0.717, 1.165) is 6.07 Å². The van der Waals surface area contributed by atoms with Gasteiger partial charge in [0.2, 0.25) is 6.43 Å². The van der Waals surface area contributed by atoms with Crippen molar-refractivity contribution in [1.29, 1.82) is 0 Å². The Balaban J connectivity index is 2.50. The number of rotatable bonds is 7. The third kappa shape index (κ3) is 5.17. The van der Waals surface area contributed by atoms with Gasteiger partial charge in [0.05, 0.1) is 0 Å². The third-order valence-electron chi connectivity index (χ3n) is 2.24. The largest absolute Gasteiger partial charge is 0.481 e. The Hall–Kier alpha value is -2.25. The van der Waals surface area contributed by atoms with E-state index >= 15 is 0 Å². The van der Waals surface area contributed by atoms with Crippen LogP contribution in [0.4, 0.5) is 13.2 Å². The van der Waals surface area contributed by atoms with Gasteiger partial charge in [-0.25, -0.2) is 18.0 Å². The molecule has 1 aromatic rings. The van der Waals surface area contributed by atoms with Gasteiger partial charge in [-0.05, 0) is 12.1 Å². The highest BCUT2D eigenvalue weighted by Crippen LogP contribution is 2.15. The molecule has 0 heterocycles. The number of para-hydroxylation sites is 1. The molecule has 1 amide bonds. The van der Waals surface area contributed by atoms with Crippen LogP contribution >= 0.6 is 0 Å². The van der Waals surface area contributed by atoms with E-state index in [1.54, 1.807) is 0 Å². The van der Waals surface area contributed by atoms with Crippen molar-refractivity contribution in [2.24, 2.45) is 0 Å². The zero-order valence-corrected chi connectivity index (χ0v) is 10.2. The quantitative estimate of drug-likeness (QED) is 0.797. The van der Waals surface area contributed by atoms with Gasteiger partial charge in [-0.15, -0.1) is 0 Å². The van der Waals surface area contributed by atoms with Gasteiger partial charge in [-0.3, -0.25) is 4.79 Å². The van der Waals surface area contributed by atoms with Gasteiger partial charge >= 0.3 is 5.97 Å². The molecule has 110 valence electrons. The topological polar surface area (TPSA) is 75.6 Å². The Morgan fingerprint density at radius 2 is 1.95 bits per heavy atom. The maximum Gasteiger partial charge on any atom is 0.326 e. The number of carbonyl (C=O) groups excluding carboxylic acids is 1. The maximum absolute atomic E-state index is 13.2. The van der Waals surface area contributed by atoms with Crippen molar-refractivity contribution in [2.75, 3.05) is 6.61 Å². The molecular weight excluding hydrogens is 279 g/mol. The van der Waals surface area contributed by atoms with Gasteiger partial charge in [0.1, 0.15) is 6.04 Å². The van der Waals surface area contributed by atoms with E-state index in [1.165, 1.54) is 18.2 Å². The lowest BCUT2D eigenvalue weighted by molar-refractivity contribution is -0.143. The molecular formula is C12H12F3NO4. The highest BCUT2D eigenvalue weighted by molar-refractivity contribution is 5.84. The van der Waals surface area contributed by atoms with E-state index in [4.69, 9.17) is 9.84 Å². The molecule has 0 spiro atoms. The number of nitrogens with one attached hydrogen (secondary N) is 1. The van der Waals surface area contributed by atoms with Crippen LogP contribution in [0.3, 0.4) is 0 Å². The van der Waals surface area contributed by atoms with Crippen LogP contribution in [0.5, 0.6) is 5.75 Å². The van der Waals surface area contributed by atoms with Crippen LogP contribution in [0, 0.1) is 5.82 Å². The second-order valence-electron chi connectivity index (χ2n) is 3.80. The van der Waals surface area contributed by atoms with Gasteiger partial charge < -0.3 is 15.2 Å². The first-order chi connectivity index (χ1) is 9.40. The second kappa shape index (κ2) is 7.37. The number of carboxylic acids is 1. The van der Waals surface area contributed by atoms with Crippen LogP contribution in [-0.4, -0.2) is 36.1 Å². The van der Waals surface area contributed by atoms with Crippen molar-refractivity contribution in [3.63, 3.8) is 0 Å². The minimum atomic E-state index is -2.87. The van der Waals surface area contributed by atoms with E-state index in [-0.39, 0.29) is 5.75 Å². The van der Waals surface area contributed by atoms with Crippen molar-refractivity contribution >= 4 is 11.9 Å². The first-order valence-electron chi connectivity index (χ1n) is 5.57. The molecule has 20 heavy (non-hydrogen) atoms. The van der Waals surface area contributed by atoms with Crippen molar-refractivity contribution in [3.05, 3.63) is 30.1 Å². The summed E-state index contributed by atoms with van der Waals surface area (Å²) < 4.78 is 42.2. The lowest BCUT2D eigenvalue weighted by Gasteiger charge is -2.14. The Bertz CT molecular complexity index is 482. The molecule has 1 rings (SSSR count). The zero-order valence-electron chi connectivity index (χ0n) is 10.2. The van der Waals surface area contributed by atoms with E-state index in [1.807, 2.05) is 5.32 Å². The number of ether oxygens (including phenoxy) is 1. The number of hydrogen-bond acceptors (Lipinski definition) is 3. The van der Waals surface area contributed by atoms with Crippen molar-refractivity contribution < 1.29 is 32.6 Å². The second-order valence-corrected chi connectivity index (χ2v) is 3.80. The van der Waals surface area contributed by atoms with Crippen LogP contribution in [0.15, 0.2) is 24.3 Å². The first-order valence-corrected chi connectivity index (χ1v) is 5.57. The van der Waals surface area contributed by atoms with Gasteiger partial charge in [-0.1, -0.05) is 12.1 Å². The third-order valence-corrected chi connectivity index (χ3v) is 2.24. The fourth-order valence-corrected chi connectivity index (χ4v) is 1.34. The number of halogens is 3. The summed E-state index contributed by atoms with van der Waals surface area (Å²) in [4.78, 5) is 22.0. The van der Waals surface area contributed by atoms with Crippen LogP contribution in [-0.2, 0) is 9.59 Å². The standard InChI is InChI=1S/C12H12F3NO4/c13-7-3-1-2-4-9(7)20-6-11(17)16-8(12(18)19)5-10(14)15/h1-4,8,10H,5-6H2,(H,16,17)(H,18,19). The molecule has 0 fully saturated rings. The summed E-state index contributed by atoms with van der Waals surface area (Å²) in [6, 6.07) is 3.57. The van der Waals surface area contributed by atoms with Crippen LogP contribution < -0.4 is 10.1 Å². The Morgan fingerprint density at radius 3 is 2.50 bits per heavy atom. The average molecular weight is 291 g/mol. The molecule has 2 N–H and O–H groups in total. The fraction of sp³-hybridized carbons (Fsp3) is 0.333. The highest BCUT2D eigenvalue weighted by Gasteiger charge is 2.24. The molecule has 0 aliphatic rings. The summed E-state index contributed by atoms with van der Waals surface area (Å²) >= 11 is 0. The lowest BCUT2D eigenvalue weighted by atomic mass is 10.2. The van der Waals surface area contributed by atoms with Gasteiger partial charge in [-0.2, -0.15) is 0 Å². The van der Waals surface area contributed by atoms with Crippen LogP contribution in [0.25, 0.3) is 0 Å². The normalized spacial score (nSPS) is 12.0. The number of carboxylic acid groups (broad SMARTS) is 1. The molecule has 0 aromatic heterocycles. The molecule has 1 atom stereocenters. The molecule has 0 aliphatic heterocycles. The summed E-state index contributed by atoms with van der Waals surface area (Å²) in [5.74, 6) is -3.39. The zero-order chi connectivity index (χ0) is 15.1. The SMILES string of the molecule is O=C(COc1ccccc1F)NC(CC(F)F)C(=O)O. The smallest absolute Gasteiger partial charge is 0.326 e. The number of amides is 1. The molecule has 5 nitrogen and oxygen atoms in total. The highest BCUT2D eigenvalue weighted by atomic mass is 19.3. The van der Waals surface area contributed by atoms with Gasteiger partial charge in [0.15, 0.2) is 18.2 Å². The Kier molecular flexibility index (Phi) is 5.82. The summed E-state index contributed by atoms with van der Waals surface area (Å²) in [5, 5.41) is 10.5. The number of benzene rings is 1. The van der Waals surface area contributed by atoms with Gasteiger partial charge in [0, 0.05) is 6.42 Å². The van der Waals surface area contributed by atoms with Crippen LogP contribution in [0.2, 0.25) is 0 Å². The first kappa shape index (κ1) is 15.8. The van der Waals surface area contributed by atoms with Crippen LogP contribution in [0.1, 0.15) is 6.42 Å². The summed E-state index contributed by atoms with van der Waals surface area (Å²) in [6.45, 7) is -0.673. The predicted molar refractivity (Wildman–Crippen MR) is 62.1 cm³/mol. The Labute approximate surface area is 112 Å². The fourth-order valence-electron chi connectivity index (χ4n) is 1.34. The minimum absolute atomic E-state index is 0.191. The number of alkyl halides is 2. The molecule has 1 unspecified atom stereocenters. The molecule has 0 saturated heterocycles. The van der Waals surface area contributed by atoms with E-state index in [9.17, 15) is 22.8 Å². The summed E-state index contributed by atoms with van der Waals surface area (Å²) in [6.07, 6.45) is -3.88. The minimum Gasteiger partial charge on any atom is -0.481 e. The monoisotopic (exact) mass is 291 g/mol. The molecule has 8 heteroatoms. The molecule has 0 bridgehead atoms. The summed E-state index contributed by atoms with van der Waals surface area (Å²) in [7, 11) is 0. The van der Waals surface area contributed by atoms with Gasteiger partial charge in [0.25, 0.3) is 5.91 Å². The van der Waals surface area contributed by atoms with Crippen molar-refractivity contribution in [3.8, 4) is 5.75 Å². The molecule has 0 radical (unpaired) electrons. The molecule has 1 aromatic carbocycles. The average Bonchev–Trinajstić information content (AvgIpc) is 2.36. The lowest BCUT2D eigenvalue weighted by Crippen LogP contribution is -2.44. The number of hydrogen-bond donors (Lipinski definition) is 2. The number of carbonyl (C=O) groups is 2.